The van der Waals surface area contributed by atoms with Crippen LogP contribution in [0.5, 0.6) is 0 Å². The van der Waals surface area contributed by atoms with E-state index in [1.54, 1.807) is 0 Å². The number of thiol groups is 1. The Labute approximate surface area is 75.9 Å². The Morgan fingerprint density at radius 2 is 2.00 bits per heavy atom. The highest BCUT2D eigenvalue weighted by Gasteiger charge is 1.96. The van der Waals surface area contributed by atoms with Gasteiger partial charge in [-0.25, -0.2) is 0 Å². The van der Waals surface area contributed by atoms with Crippen molar-refractivity contribution >= 4 is 12.6 Å². The van der Waals surface area contributed by atoms with Crippen molar-refractivity contribution in [3.05, 3.63) is 0 Å². The van der Waals surface area contributed by atoms with Crippen molar-refractivity contribution in [1.29, 1.82) is 0 Å². The van der Waals surface area contributed by atoms with Gasteiger partial charge in [-0.05, 0) is 31.9 Å². The number of hydrogen-bond donors (Lipinski definition) is 1. The summed E-state index contributed by atoms with van der Waals surface area (Å²) < 4.78 is 5.51. The van der Waals surface area contributed by atoms with Crippen molar-refractivity contribution in [2.75, 3.05) is 12.4 Å². The maximum Gasteiger partial charge on any atom is 0.0544 e. The summed E-state index contributed by atoms with van der Waals surface area (Å²) in [6.45, 7) is 5.19. The van der Waals surface area contributed by atoms with Crippen molar-refractivity contribution in [1.82, 2.24) is 0 Å². The average Bonchev–Trinajstić information content (AvgIpc) is 2.04. The molecule has 0 bridgehead atoms. The first-order chi connectivity index (χ1) is 5.31. The normalized spacial score (nSPS) is 13.4. The van der Waals surface area contributed by atoms with Crippen LogP contribution in [0.1, 0.15) is 39.5 Å². The lowest BCUT2D eigenvalue weighted by Gasteiger charge is -2.09. The van der Waals surface area contributed by atoms with E-state index in [9.17, 15) is 0 Å². The second kappa shape index (κ2) is 8.41. The van der Waals surface area contributed by atoms with Crippen LogP contribution in [0.2, 0.25) is 0 Å². The van der Waals surface area contributed by atoms with Gasteiger partial charge in [0.1, 0.15) is 0 Å². The molecular weight excluding hydrogens is 156 g/mol. The minimum Gasteiger partial charge on any atom is -0.379 e. The number of hydrogen-bond acceptors (Lipinski definition) is 2. The molecule has 0 amide bonds. The molecule has 0 aromatic rings. The molecule has 1 nitrogen and oxygen atoms in total. The molecule has 0 aliphatic rings. The molecule has 1 atom stereocenters. The first-order valence-electron chi connectivity index (χ1n) is 4.53. The van der Waals surface area contributed by atoms with Crippen LogP contribution in [-0.4, -0.2) is 18.5 Å². The van der Waals surface area contributed by atoms with Crippen LogP contribution in [0.25, 0.3) is 0 Å². The highest BCUT2D eigenvalue weighted by Crippen LogP contribution is 2.01. The van der Waals surface area contributed by atoms with Gasteiger partial charge in [-0.2, -0.15) is 12.6 Å². The molecule has 68 valence electrons. The second-order valence-electron chi connectivity index (χ2n) is 2.87. The third kappa shape index (κ3) is 8.21. The zero-order chi connectivity index (χ0) is 8.53. The van der Waals surface area contributed by atoms with E-state index < -0.39 is 0 Å². The van der Waals surface area contributed by atoms with Gasteiger partial charge in [-0.15, -0.1) is 0 Å². The smallest absolute Gasteiger partial charge is 0.0544 e. The molecular formula is C9H20OS. The Bertz CT molecular complexity index is 76.0. The molecule has 0 aromatic carbocycles. The molecule has 0 saturated heterocycles. The molecule has 11 heavy (non-hydrogen) atoms. The molecule has 0 aromatic heterocycles. The fourth-order valence-corrected chi connectivity index (χ4v) is 1.02. The molecule has 0 saturated carbocycles. The van der Waals surface area contributed by atoms with Crippen LogP contribution < -0.4 is 0 Å². The molecule has 0 fully saturated rings. The van der Waals surface area contributed by atoms with E-state index in [1.165, 1.54) is 19.3 Å². The molecule has 0 radical (unpaired) electrons. The number of rotatable bonds is 7. The van der Waals surface area contributed by atoms with Crippen molar-refractivity contribution in [3.8, 4) is 0 Å². The molecule has 0 heterocycles. The summed E-state index contributed by atoms with van der Waals surface area (Å²) in [5, 5.41) is 0. The highest BCUT2D eigenvalue weighted by molar-refractivity contribution is 7.80. The van der Waals surface area contributed by atoms with Gasteiger partial charge < -0.3 is 4.74 Å². The first-order valence-corrected chi connectivity index (χ1v) is 5.17. The van der Waals surface area contributed by atoms with E-state index in [-0.39, 0.29) is 0 Å². The minimum absolute atomic E-state index is 0.436. The zero-order valence-corrected chi connectivity index (χ0v) is 8.57. The summed E-state index contributed by atoms with van der Waals surface area (Å²) in [5.74, 6) is 1.00. The molecule has 0 rings (SSSR count). The van der Waals surface area contributed by atoms with E-state index in [0.717, 1.165) is 18.8 Å². The summed E-state index contributed by atoms with van der Waals surface area (Å²) in [7, 11) is 0. The largest absolute Gasteiger partial charge is 0.379 e. The monoisotopic (exact) mass is 176 g/mol. The Morgan fingerprint density at radius 1 is 1.27 bits per heavy atom. The van der Waals surface area contributed by atoms with E-state index in [0.29, 0.717) is 6.10 Å². The molecule has 1 unspecified atom stereocenters. The SMILES string of the molecule is CCC(C)OCCCCCS. The predicted octanol–water partition coefficient (Wildman–Crippen LogP) is 2.90. The summed E-state index contributed by atoms with van der Waals surface area (Å²) in [5.41, 5.74) is 0. The maximum absolute atomic E-state index is 5.51. The minimum atomic E-state index is 0.436. The zero-order valence-electron chi connectivity index (χ0n) is 7.68. The first kappa shape index (κ1) is 11.3. The Morgan fingerprint density at radius 3 is 2.55 bits per heavy atom. The second-order valence-corrected chi connectivity index (χ2v) is 3.32. The van der Waals surface area contributed by atoms with Crippen molar-refractivity contribution in [2.45, 2.75) is 45.6 Å². The maximum atomic E-state index is 5.51. The van der Waals surface area contributed by atoms with Gasteiger partial charge in [0, 0.05) is 6.61 Å². The van der Waals surface area contributed by atoms with Crippen molar-refractivity contribution < 1.29 is 4.74 Å². The van der Waals surface area contributed by atoms with Gasteiger partial charge in [0.2, 0.25) is 0 Å². The molecule has 0 aliphatic carbocycles. The van der Waals surface area contributed by atoms with Crippen LogP contribution in [0.4, 0.5) is 0 Å². The average molecular weight is 176 g/mol. The number of ether oxygens (including phenoxy) is 1. The van der Waals surface area contributed by atoms with Crippen molar-refractivity contribution in [3.63, 3.8) is 0 Å². The van der Waals surface area contributed by atoms with E-state index >= 15 is 0 Å². The van der Waals surface area contributed by atoms with Gasteiger partial charge in [0.15, 0.2) is 0 Å². The van der Waals surface area contributed by atoms with Crippen LogP contribution >= 0.6 is 12.6 Å². The van der Waals surface area contributed by atoms with E-state index in [4.69, 9.17) is 4.74 Å². The summed E-state index contributed by atoms with van der Waals surface area (Å²) in [6, 6.07) is 0. The van der Waals surface area contributed by atoms with E-state index in [2.05, 4.69) is 26.5 Å². The van der Waals surface area contributed by atoms with Crippen LogP contribution in [-0.2, 0) is 4.74 Å². The molecule has 2 heteroatoms. The highest BCUT2D eigenvalue weighted by atomic mass is 32.1. The molecule has 0 N–H and O–H groups in total. The quantitative estimate of drug-likeness (QED) is 0.463. The standard InChI is InChI=1S/C9H20OS/c1-3-9(2)10-7-5-4-6-8-11/h9,11H,3-8H2,1-2H3. The Hall–Kier alpha value is 0.310. The molecule has 0 spiro atoms. The lowest BCUT2D eigenvalue weighted by atomic mass is 10.2. The topological polar surface area (TPSA) is 9.23 Å². The number of unbranched alkanes of at least 4 members (excludes halogenated alkanes) is 2. The lowest BCUT2D eigenvalue weighted by Crippen LogP contribution is -2.07. The summed E-state index contributed by atoms with van der Waals surface area (Å²) in [4.78, 5) is 0. The van der Waals surface area contributed by atoms with Gasteiger partial charge in [0.05, 0.1) is 6.10 Å². The molecule has 0 aliphatic heterocycles. The lowest BCUT2D eigenvalue weighted by molar-refractivity contribution is 0.0610. The van der Waals surface area contributed by atoms with Crippen LogP contribution in [0, 0.1) is 0 Å². The third-order valence-corrected chi connectivity index (χ3v) is 2.10. The van der Waals surface area contributed by atoms with E-state index in [1.807, 2.05) is 0 Å². The summed E-state index contributed by atoms with van der Waals surface area (Å²) >= 11 is 4.14. The Kier molecular flexibility index (Phi) is 8.64. The summed E-state index contributed by atoms with van der Waals surface area (Å²) in [6.07, 6.45) is 5.20. The third-order valence-electron chi connectivity index (χ3n) is 1.78. The van der Waals surface area contributed by atoms with Gasteiger partial charge in [-0.3, -0.25) is 0 Å². The Balaban J connectivity index is 2.89. The predicted molar refractivity (Wildman–Crippen MR) is 53.4 cm³/mol. The van der Waals surface area contributed by atoms with Gasteiger partial charge >= 0.3 is 0 Å². The fraction of sp³-hybridized carbons (Fsp3) is 1.00. The van der Waals surface area contributed by atoms with Crippen molar-refractivity contribution in [2.24, 2.45) is 0 Å². The van der Waals surface area contributed by atoms with Gasteiger partial charge in [-0.1, -0.05) is 13.3 Å². The van der Waals surface area contributed by atoms with Gasteiger partial charge in [0.25, 0.3) is 0 Å². The van der Waals surface area contributed by atoms with Crippen LogP contribution in [0.3, 0.4) is 0 Å². The fourth-order valence-electron chi connectivity index (χ4n) is 0.793. The van der Waals surface area contributed by atoms with Crippen LogP contribution in [0.15, 0.2) is 0 Å².